The second-order valence-corrected chi connectivity index (χ2v) is 4.25. The van der Waals surface area contributed by atoms with Crippen LogP contribution in [0.25, 0.3) is 6.08 Å². The van der Waals surface area contributed by atoms with Crippen molar-refractivity contribution in [1.82, 2.24) is 4.90 Å². The average Bonchev–Trinajstić information content (AvgIpc) is 2.43. The maximum atomic E-state index is 11.9. The summed E-state index contributed by atoms with van der Waals surface area (Å²) in [5.41, 5.74) is 0.867. The van der Waals surface area contributed by atoms with Crippen LogP contribution in [0.2, 0.25) is 5.02 Å². The molecule has 0 aromatic heterocycles. The Kier molecular flexibility index (Phi) is 6.09. The summed E-state index contributed by atoms with van der Waals surface area (Å²) in [4.78, 5) is 24.4. The zero-order valence-electron chi connectivity index (χ0n) is 10.9. The highest BCUT2D eigenvalue weighted by Gasteiger charge is 2.12. The molecule has 0 fully saturated rings. The molecule has 5 heteroatoms. The second-order valence-electron chi connectivity index (χ2n) is 3.81. The molecule has 1 aromatic rings. The van der Waals surface area contributed by atoms with Crippen molar-refractivity contribution in [2.24, 2.45) is 0 Å². The number of hydrogen-bond acceptors (Lipinski definition) is 3. The van der Waals surface area contributed by atoms with Gasteiger partial charge >= 0.3 is 5.97 Å². The van der Waals surface area contributed by atoms with Crippen LogP contribution < -0.4 is 0 Å². The van der Waals surface area contributed by atoms with Crippen LogP contribution in [-0.2, 0) is 14.3 Å². The summed E-state index contributed by atoms with van der Waals surface area (Å²) in [5.74, 6) is -0.669. The van der Waals surface area contributed by atoms with Crippen LogP contribution in [0.4, 0.5) is 0 Å². The Balaban J connectivity index is 2.66. The SMILES string of the molecule is CCN(CC(=O)OC)C(=O)C=Cc1ccc(Cl)cc1. The highest BCUT2D eigenvalue weighted by atomic mass is 35.5. The molecule has 0 saturated heterocycles. The standard InChI is InChI=1S/C14H16ClNO3/c1-3-16(10-14(18)19-2)13(17)9-6-11-4-7-12(15)8-5-11/h4-9H,3,10H2,1-2H3. The minimum Gasteiger partial charge on any atom is -0.468 e. The van der Waals surface area contributed by atoms with E-state index >= 15 is 0 Å². The quantitative estimate of drug-likeness (QED) is 0.615. The topological polar surface area (TPSA) is 46.6 Å². The fraction of sp³-hybridized carbons (Fsp3) is 0.286. The van der Waals surface area contributed by atoms with Gasteiger partial charge in [0.1, 0.15) is 6.54 Å². The van der Waals surface area contributed by atoms with Gasteiger partial charge in [0.25, 0.3) is 0 Å². The van der Waals surface area contributed by atoms with Crippen molar-refractivity contribution < 1.29 is 14.3 Å². The third kappa shape index (κ3) is 5.14. The Morgan fingerprint density at radius 1 is 1.32 bits per heavy atom. The third-order valence-corrected chi connectivity index (χ3v) is 2.78. The van der Waals surface area contributed by atoms with Gasteiger partial charge in [-0.15, -0.1) is 0 Å². The first-order valence-corrected chi connectivity index (χ1v) is 6.24. The third-order valence-electron chi connectivity index (χ3n) is 2.53. The molecule has 19 heavy (non-hydrogen) atoms. The van der Waals surface area contributed by atoms with Crippen molar-refractivity contribution in [1.29, 1.82) is 0 Å². The van der Waals surface area contributed by atoms with Gasteiger partial charge in [-0.2, -0.15) is 0 Å². The van der Waals surface area contributed by atoms with Crippen LogP contribution in [0.5, 0.6) is 0 Å². The minimum absolute atomic E-state index is 0.0449. The van der Waals surface area contributed by atoms with E-state index in [1.165, 1.54) is 18.1 Å². The van der Waals surface area contributed by atoms with Gasteiger partial charge in [0.15, 0.2) is 0 Å². The number of hydrogen-bond donors (Lipinski definition) is 0. The number of halogens is 1. The van der Waals surface area contributed by atoms with Crippen molar-refractivity contribution in [2.75, 3.05) is 20.2 Å². The first kappa shape index (κ1) is 15.2. The number of nitrogens with zero attached hydrogens (tertiary/aromatic N) is 1. The van der Waals surface area contributed by atoms with Crippen molar-refractivity contribution in [3.8, 4) is 0 Å². The van der Waals surface area contributed by atoms with E-state index in [9.17, 15) is 9.59 Å². The van der Waals surface area contributed by atoms with E-state index in [2.05, 4.69) is 4.74 Å². The molecule has 0 aliphatic carbocycles. The number of amides is 1. The number of methoxy groups -OCH3 is 1. The van der Waals surface area contributed by atoms with Crippen LogP contribution in [-0.4, -0.2) is 37.0 Å². The Morgan fingerprint density at radius 2 is 1.95 bits per heavy atom. The van der Waals surface area contributed by atoms with Gasteiger partial charge in [0, 0.05) is 17.6 Å². The molecule has 0 aliphatic rings. The first-order chi connectivity index (χ1) is 9.06. The van der Waals surface area contributed by atoms with Crippen molar-refractivity contribution in [2.45, 2.75) is 6.92 Å². The molecule has 0 unspecified atom stereocenters. The molecule has 0 N–H and O–H groups in total. The van der Waals surface area contributed by atoms with Crippen molar-refractivity contribution >= 4 is 29.6 Å². The van der Waals surface area contributed by atoms with E-state index in [0.717, 1.165) is 5.56 Å². The average molecular weight is 282 g/mol. The first-order valence-electron chi connectivity index (χ1n) is 5.86. The monoisotopic (exact) mass is 281 g/mol. The molecule has 1 amide bonds. The summed E-state index contributed by atoms with van der Waals surface area (Å²) in [6.07, 6.45) is 3.11. The fourth-order valence-electron chi connectivity index (χ4n) is 1.41. The molecule has 0 spiro atoms. The van der Waals surface area contributed by atoms with Gasteiger partial charge in [0.05, 0.1) is 7.11 Å². The number of carbonyl (C=O) groups is 2. The lowest BCUT2D eigenvalue weighted by molar-refractivity contribution is -0.145. The fourth-order valence-corrected chi connectivity index (χ4v) is 1.54. The molecule has 1 aromatic carbocycles. The zero-order chi connectivity index (χ0) is 14.3. The molecule has 0 atom stereocenters. The Labute approximate surface area is 117 Å². The Morgan fingerprint density at radius 3 is 2.47 bits per heavy atom. The summed E-state index contributed by atoms with van der Waals surface area (Å²) < 4.78 is 4.54. The maximum absolute atomic E-state index is 11.9. The van der Waals surface area contributed by atoms with E-state index in [1.54, 1.807) is 25.1 Å². The number of ether oxygens (including phenoxy) is 1. The maximum Gasteiger partial charge on any atom is 0.325 e. The number of esters is 1. The van der Waals surface area contributed by atoms with Crippen LogP contribution >= 0.6 is 11.6 Å². The van der Waals surface area contributed by atoms with Crippen molar-refractivity contribution in [3.05, 3.63) is 40.9 Å². The summed E-state index contributed by atoms with van der Waals surface area (Å²) in [7, 11) is 1.30. The lowest BCUT2D eigenvalue weighted by Crippen LogP contribution is -2.34. The van der Waals surface area contributed by atoms with E-state index in [0.29, 0.717) is 11.6 Å². The number of benzene rings is 1. The Hall–Kier alpha value is -1.81. The highest BCUT2D eigenvalue weighted by Crippen LogP contribution is 2.10. The normalized spacial score (nSPS) is 10.5. The molecule has 0 radical (unpaired) electrons. The molecule has 1 rings (SSSR count). The van der Waals surface area contributed by atoms with Gasteiger partial charge in [-0.25, -0.2) is 0 Å². The van der Waals surface area contributed by atoms with Crippen LogP contribution in [0, 0.1) is 0 Å². The number of carbonyl (C=O) groups excluding carboxylic acids is 2. The lowest BCUT2D eigenvalue weighted by atomic mass is 10.2. The molecule has 0 aliphatic heterocycles. The molecule has 0 saturated carbocycles. The molecule has 102 valence electrons. The van der Waals surface area contributed by atoms with Gasteiger partial charge in [-0.05, 0) is 30.7 Å². The Bertz CT molecular complexity index is 468. The summed E-state index contributed by atoms with van der Waals surface area (Å²) >= 11 is 5.77. The molecule has 0 heterocycles. The zero-order valence-corrected chi connectivity index (χ0v) is 11.7. The lowest BCUT2D eigenvalue weighted by Gasteiger charge is -2.17. The van der Waals surface area contributed by atoms with Crippen LogP contribution in [0.15, 0.2) is 30.3 Å². The van der Waals surface area contributed by atoms with Crippen LogP contribution in [0.1, 0.15) is 12.5 Å². The number of rotatable bonds is 5. The summed E-state index contributed by atoms with van der Waals surface area (Å²) in [6.45, 7) is 2.20. The molecule has 0 bridgehead atoms. The van der Waals surface area contributed by atoms with E-state index in [-0.39, 0.29) is 12.5 Å². The van der Waals surface area contributed by atoms with E-state index in [1.807, 2.05) is 12.1 Å². The predicted octanol–water partition coefficient (Wildman–Crippen LogP) is 2.37. The van der Waals surface area contributed by atoms with Crippen molar-refractivity contribution in [3.63, 3.8) is 0 Å². The largest absolute Gasteiger partial charge is 0.468 e. The van der Waals surface area contributed by atoms with Gasteiger partial charge in [0.2, 0.25) is 5.91 Å². The summed E-state index contributed by atoms with van der Waals surface area (Å²) in [5, 5.41) is 0.643. The molecular weight excluding hydrogens is 266 g/mol. The minimum atomic E-state index is -0.435. The second kappa shape index (κ2) is 7.59. The van der Waals surface area contributed by atoms with Gasteiger partial charge < -0.3 is 9.64 Å². The predicted molar refractivity (Wildman–Crippen MR) is 74.8 cm³/mol. The van der Waals surface area contributed by atoms with E-state index < -0.39 is 5.97 Å². The summed E-state index contributed by atoms with van der Waals surface area (Å²) in [6, 6.07) is 7.11. The smallest absolute Gasteiger partial charge is 0.325 e. The van der Waals surface area contributed by atoms with Gasteiger partial charge in [-0.3, -0.25) is 9.59 Å². The van der Waals surface area contributed by atoms with E-state index in [4.69, 9.17) is 11.6 Å². The van der Waals surface area contributed by atoms with Crippen LogP contribution in [0.3, 0.4) is 0 Å². The highest BCUT2D eigenvalue weighted by molar-refractivity contribution is 6.30. The van der Waals surface area contributed by atoms with Gasteiger partial charge in [-0.1, -0.05) is 23.7 Å². The molecule has 4 nitrogen and oxygen atoms in total. The number of likely N-dealkylation sites (N-methyl/N-ethyl adjacent to an activating group) is 1. The molecular formula is C14H16ClNO3.